The highest BCUT2D eigenvalue weighted by atomic mass is 16.4. The highest BCUT2D eigenvalue weighted by Gasteiger charge is 2.29. The van der Waals surface area contributed by atoms with E-state index in [-0.39, 0.29) is 18.5 Å². The van der Waals surface area contributed by atoms with Crippen LogP contribution < -0.4 is 5.32 Å². The van der Waals surface area contributed by atoms with Crippen molar-refractivity contribution in [2.24, 2.45) is 5.92 Å². The molecule has 5 nitrogen and oxygen atoms in total. The smallest absolute Gasteiger partial charge is 0.323 e. The van der Waals surface area contributed by atoms with Crippen LogP contribution in [0.15, 0.2) is 0 Å². The predicted molar refractivity (Wildman–Crippen MR) is 69.3 cm³/mol. The van der Waals surface area contributed by atoms with E-state index in [4.69, 9.17) is 5.11 Å². The normalized spacial score (nSPS) is 23.7. The second-order valence-electron chi connectivity index (χ2n) is 4.96. The summed E-state index contributed by atoms with van der Waals surface area (Å²) in [6, 6.07) is -0.199. The number of hydrogen-bond donors (Lipinski definition) is 2. The van der Waals surface area contributed by atoms with Gasteiger partial charge in [0.2, 0.25) is 5.91 Å². The van der Waals surface area contributed by atoms with Crippen molar-refractivity contribution >= 4 is 11.9 Å². The number of carbonyl (C=O) groups excluding carboxylic acids is 1. The van der Waals surface area contributed by atoms with Crippen LogP contribution in [0, 0.1) is 5.92 Å². The number of piperidine rings is 1. The number of nitrogens with one attached hydrogen (secondary N) is 1. The van der Waals surface area contributed by atoms with Gasteiger partial charge in [0.25, 0.3) is 0 Å². The van der Waals surface area contributed by atoms with Crippen LogP contribution in [-0.2, 0) is 9.59 Å². The summed E-state index contributed by atoms with van der Waals surface area (Å²) in [7, 11) is 0. The van der Waals surface area contributed by atoms with Crippen molar-refractivity contribution in [2.75, 3.05) is 19.6 Å². The fourth-order valence-electron chi connectivity index (χ4n) is 2.48. The van der Waals surface area contributed by atoms with Crippen LogP contribution >= 0.6 is 0 Å². The molecule has 0 bridgehead atoms. The van der Waals surface area contributed by atoms with E-state index in [2.05, 4.69) is 12.2 Å². The molecule has 1 heterocycles. The second-order valence-corrected chi connectivity index (χ2v) is 4.96. The lowest BCUT2D eigenvalue weighted by Gasteiger charge is -2.32. The van der Waals surface area contributed by atoms with E-state index in [9.17, 15) is 9.59 Å². The molecule has 0 aromatic heterocycles. The van der Waals surface area contributed by atoms with Crippen LogP contribution in [0.2, 0.25) is 0 Å². The van der Waals surface area contributed by atoms with Crippen LogP contribution in [0.4, 0.5) is 0 Å². The lowest BCUT2D eigenvalue weighted by Crippen LogP contribution is -2.51. The maximum Gasteiger partial charge on any atom is 0.323 e. The number of hydrogen-bond acceptors (Lipinski definition) is 3. The number of nitrogens with zero attached hydrogens (tertiary/aromatic N) is 1. The van der Waals surface area contributed by atoms with E-state index >= 15 is 0 Å². The molecule has 104 valence electrons. The van der Waals surface area contributed by atoms with Crippen LogP contribution in [0.5, 0.6) is 0 Å². The molecular formula is C13H24N2O3. The molecule has 18 heavy (non-hydrogen) atoms. The minimum atomic E-state index is -0.945. The summed E-state index contributed by atoms with van der Waals surface area (Å²) >= 11 is 0. The summed E-state index contributed by atoms with van der Waals surface area (Å²) in [5.74, 6) is -0.425. The number of rotatable bonds is 6. The molecule has 1 aliphatic rings. The van der Waals surface area contributed by atoms with Gasteiger partial charge in [-0.3, -0.25) is 9.59 Å². The van der Waals surface area contributed by atoms with Crippen molar-refractivity contribution in [3.63, 3.8) is 0 Å². The third-order valence-corrected chi connectivity index (χ3v) is 3.52. The predicted octanol–water partition coefficient (Wildman–Crippen LogP) is 1.09. The first-order chi connectivity index (χ1) is 8.58. The van der Waals surface area contributed by atoms with E-state index in [0.717, 1.165) is 32.2 Å². The molecule has 2 unspecified atom stereocenters. The Labute approximate surface area is 109 Å². The van der Waals surface area contributed by atoms with E-state index < -0.39 is 5.97 Å². The first kappa shape index (κ1) is 15.0. The molecule has 1 fully saturated rings. The Morgan fingerprint density at radius 2 is 2.11 bits per heavy atom. The molecule has 0 aromatic rings. The molecule has 5 heteroatoms. The fourth-order valence-corrected chi connectivity index (χ4v) is 2.48. The van der Waals surface area contributed by atoms with Gasteiger partial charge < -0.3 is 15.3 Å². The van der Waals surface area contributed by atoms with E-state index in [0.29, 0.717) is 12.5 Å². The summed E-state index contributed by atoms with van der Waals surface area (Å²) in [6.45, 7) is 5.26. The van der Waals surface area contributed by atoms with Gasteiger partial charge >= 0.3 is 5.97 Å². The largest absolute Gasteiger partial charge is 0.480 e. The lowest BCUT2D eigenvalue weighted by molar-refractivity contribution is -0.145. The molecule has 0 aromatic carbocycles. The van der Waals surface area contributed by atoms with Crippen molar-refractivity contribution in [3.05, 3.63) is 0 Å². The molecule has 0 radical (unpaired) electrons. The van der Waals surface area contributed by atoms with Gasteiger partial charge in [-0.25, -0.2) is 0 Å². The Morgan fingerprint density at radius 3 is 2.67 bits per heavy atom. The number of carbonyl (C=O) groups is 2. The summed E-state index contributed by atoms with van der Waals surface area (Å²) in [4.78, 5) is 24.5. The minimum absolute atomic E-state index is 0.0580. The van der Waals surface area contributed by atoms with Crippen molar-refractivity contribution in [2.45, 2.75) is 45.6 Å². The molecular weight excluding hydrogens is 232 g/mol. The number of amides is 1. The van der Waals surface area contributed by atoms with Crippen molar-refractivity contribution in [1.29, 1.82) is 0 Å². The van der Waals surface area contributed by atoms with E-state index in [1.54, 1.807) is 0 Å². The summed E-state index contributed by atoms with van der Waals surface area (Å²) in [6.07, 6.45) is 3.79. The monoisotopic (exact) mass is 256 g/mol. The maximum absolute atomic E-state index is 12.3. The highest BCUT2D eigenvalue weighted by Crippen LogP contribution is 2.20. The van der Waals surface area contributed by atoms with Gasteiger partial charge in [0.15, 0.2) is 0 Å². The Balaban J connectivity index is 2.60. The summed E-state index contributed by atoms with van der Waals surface area (Å²) < 4.78 is 0. The Bertz CT molecular complexity index is 294. The molecule has 2 N–H and O–H groups in total. The van der Waals surface area contributed by atoms with Crippen LogP contribution in [-0.4, -0.2) is 47.6 Å². The summed E-state index contributed by atoms with van der Waals surface area (Å²) in [5, 5.41) is 12.1. The van der Waals surface area contributed by atoms with E-state index in [1.807, 2.05) is 6.92 Å². The molecule has 0 aliphatic carbocycles. The molecule has 1 amide bonds. The maximum atomic E-state index is 12.3. The average molecular weight is 256 g/mol. The molecule has 2 atom stereocenters. The highest BCUT2D eigenvalue weighted by molar-refractivity contribution is 5.85. The van der Waals surface area contributed by atoms with Crippen LogP contribution in [0.25, 0.3) is 0 Å². The van der Waals surface area contributed by atoms with Crippen molar-refractivity contribution in [3.8, 4) is 0 Å². The van der Waals surface area contributed by atoms with Crippen molar-refractivity contribution in [1.82, 2.24) is 10.2 Å². The van der Waals surface area contributed by atoms with Gasteiger partial charge in [-0.2, -0.15) is 0 Å². The summed E-state index contributed by atoms with van der Waals surface area (Å²) in [5.41, 5.74) is 0. The Hall–Kier alpha value is -1.10. The second kappa shape index (κ2) is 7.36. The van der Waals surface area contributed by atoms with Gasteiger partial charge in [0.05, 0.1) is 6.04 Å². The molecule has 1 rings (SSSR count). The Morgan fingerprint density at radius 1 is 1.39 bits per heavy atom. The van der Waals surface area contributed by atoms with Crippen molar-refractivity contribution < 1.29 is 14.7 Å². The third kappa shape index (κ3) is 4.29. The molecule has 0 spiro atoms. The zero-order chi connectivity index (χ0) is 13.5. The topological polar surface area (TPSA) is 69.6 Å². The van der Waals surface area contributed by atoms with Gasteiger partial charge in [0, 0.05) is 6.54 Å². The standard InChI is InChI=1S/C13H24N2O3/c1-3-7-15(9-12(16)17)13(18)11-8-10(4-2)5-6-14-11/h10-11,14H,3-9H2,1-2H3,(H,16,17). The first-order valence-corrected chi connectivity index (χ1v) is 6.82. The van der Waals surface area contributed by atoms with Gasteiger partial charge in [-0.15, -0.1) is 0 Å². The van der Waals surface area contributed by atoms with Gasteiger partial charge in [0.1, 0.15) is 6.54 Å². The molecule has 0 saturated carbocycles. The third-order valence-electron chi connectivity index (χ3n) is 3.52. The average Bonchev–Trinajstić information content (AvgIpc) is 2.37. The van der Waals surface area contributed by atoms with Crippen LogP contribution in [0.3, 0.4) is 0 Å². The minimum Gasteiger partial charge on any atom is -0.480 e. The van der Waals surface area contributed by atoms with Crippen LogP contribution in [0.1, 0.15) is 39.5 Å². The SMILES string of the molecule is CCCN(CC(=O)O)C(=O)C1CC(CC)CCN1. The number of carboxylic acid groups (broad SMARTS) is 1. The molecule has 1 saturated heterocycles. The number of aliphatic carboxylic acids is 1. The zero-order valence-corrected chi connectivity index (χ0v) is 11.3. The fraction of sp³-hybridized carbons (Fsp3) is 0.846. The number of carboxylic acids is 1. The molecule has 1 aliphatic heterocycles. The lowest BCUT2D eigenvalue weighted by atomic mass is 9.90. The quantitative estimate of drug-likeness (QED) is 0.746. The van der Waals surface area contributed by atoms with Gasteiger partial charge in [-0.05, 0) is 31.7 Å². The van der Waals surface area contributed by atoms with Gasteiger partial charge in [-0.1, -0.05) is 20.3 Å². The zero-order valence-electron chi connectivity index (χ0n) is 11.3. The Kier molecular flexibility index (Phi) is 6.12. The first-order valence-electron chi connectivity index (χ1n) is 6.82. The van der Waals surface area contributed by atoms with E-state index in [1.165, 1.54) is 4.90 Å².